The number of nitrogens with zero attached hydrogens (tertiary/aromatic N) is 1. The Kier molecular flexibility index (Phi) is 4.41. The van der Waals surface area contributed by atoms with Gasteiger partial charge in [0.25, 0.3) is 0 Å². The minimum atomic E-state index is -3.59. The topological polar surface area (TPSA) is 46.6 Å². The standard InChI is InChI=1S/C18H17NO3S3/c1-22-13-4-6-14(7-5-13)25(20,21)19-10-8-16-15(9-12-24-16)18(19)17-3-2-11-23-17/h2-7,9,11-12,18H,8,10H2,1H3/t18-/m0/s1. The molecular formula is C18H17NO3S3. The normalized spacial score (nSPS) is 18.0. The first-order chi connectivity index (χ1) is 12.1. The predicted octanol–water partition coefficient (Wildman–Crippen LogP) is 4.15. The van der Waals surface area contributed by atoms with Crippen LogP contribution >= 0.6 is 22.7 Å². The van der Waals surface area contributed by atoms with Gasteiger partial charge in [-0.15, -0.1) is 22.7 Å². The molecule has 3 aromatic rings. The van der Waals surface area contributed by atoms with Crippen LogP contribution in [-0.4, -0.2) is 26.4 Å². The molecule has 2 aromatic heterocycles. The van der Waals surface area contributed by atoms with Crippen molar-refractivity contribution in [3.05, 3.63) is 68.5 Å². The maximum absolute atomic E-state index is 13.3. The van der Waals surface area contributed by atoms with E-state index in [0.717, 1.165) is 16.9 Å². The lowest BCUT2D eigenvalue weighted by atomic mass is 10.0. The highest BCUT2D eigenvalue weighted by atomic mass is 32.2. The van der Waals surface area contributed by atoms with Crippen molar-refractivity contribution in [2.45, 2.75) is 17.4 Å². The van der Waals surface area contributed by atoms with Crippen LogP contribution in [0, 0.1) is 0 Å². The van der Waals surface area contributed by atoms with E-state index in [0.29, 0.717) is 17.2 Å². The van der Waals surface area contributed by atoms with Gasteiger partial charge in [-0.25, -0.2) is 8.42 Å². The van der Waals surface area contributed by atoms with Crippen LogP contribution in [0.15, 0.2) is 58.1 Å². The van der Waals surface area contributed by atoms with Crippen LogP contribution in [0.5, 0.6) is 5.75 Å². The lowest BCUT2D eigenvalue weighted by molar-refractivity contribution is 0.350. The summed E-state index contributed by atoms with van der Waals surface area (Å²) in [4.78, 5) is 2.63. The summed E-state index contributed by atoms with van der Waals surface area (Å²) in [5.74, 6) is 0.646. The van der Waals surface area contributed by atoms with Gasteiger partial charge in [0.15, 0.2) is 0 Å². The molecule has 0 unspecified atom stereocenters. The third-order valence-electron chi connectivity index (χ3n) is 4.40. The molecule has 0 amide bonds. The maximum Gasteiger partial charge on any atom is 0.243 e. The predicted molar refractivity (Wildman–Crippen MR) is 101 cm³/mol. The monoisotopic (exact) mass is 391 g/mol. The Hall–Kier alpha value is -1.67. The van der Waals surface area contributed by atoms with Crippen LogP contribution < -0.4 is 4.74 Å². The highest BCUT2D eigenvalue weighted by molar-refractivity contribution is 7.89. The minimum absolute atomic E-state index is 0.248. The number of methoxy groups -OCH3 is 1. The van der Waals surface area contributed by atoms with Crippen molar-refractivity contribution in [2.24, 2.45) is 0 Å². The van der Waals surface area contributed by atoms with Gasteiger partial charge < -0.3 is 4.74 Å². The van der Waals surface area contributed by atoms with Crippen LogP contribution in [0.2, 0.25) is 0 Å². The van der Waals surface area contributed by atoms with Gasteiger partial charge in [-0.2, -0.15) is 4.31 Å². The molecule has 0 N–H and O–H groups in total. The number of benzene rings is 1. The van der Waals surface area contributed by atoms with E-state index in [2.05, 4.69) is 11.4 Å². The number of hydrogen-bond acceptors (Lipinski definition) is 5. The van der Waals surface area contributed by atoms with Gasteiger partial charge in [-0.3, -0.25) is 0 Å². The molecule has 1 aliphatic rings. The number of rotatable bonds is 4. The number of sulfonamides is 1. The summed E-state index contributed by atoms with van der Waals surface area (Å²) in [5, 5.41) is 4.04. The molecule has 3 heterocycles. The van der Waals surface area contributed by atoms with Crippen LogP contribution in [0.4, 0.5) is 0 Å². The Morgan fingerprint density at radius 2 is 1.88 bits per heavy atom. The SMILES string of the molecule is COc1ccc(S(=O)(=O)N2CCc3sccc3[C@H]2c2cccs2)cc1. The quantitative estimate of drug-likeness (QED) is 0.671. The van der Waals surface area contributed by atoms with Crippen LogP contribution in [0.25, 0.3) is 0 Å². The first-order valence-corrected chi connectivity index (χ1v) is 11.1. The molecule has 1 aliphatic heterocycles. The molecule has 7 heteroatoms. The third-order valence-corrected chi connectivity index (χ3v) is 8.20. The molecule has 0 radical (unpaired) electrons. The van der Waals surface area contributed by atoms with Gasteiger partial charge in [-0.1, -0.05) is 6.07 Å². The molecule has 0 aliphatic carbocycles. The second-order valence-electron chi connectivity index (χ2n) is 5.76. The summed E-state index contributed by atoms with van der Waals surface area (Å²) in [7, 11) is -2.03. The van der Waals surface area contributed by atoms with Crippen LogP contribution in [0.1, 0.15) is 21.4 Å². The second-order valence-corrected chi connectivity index (χ2v) is 9.63. The first kappa shape index (κ1) is 16.8. The van der Waals surface area contributed by atoms with Gasteiger partial charge in [-0.05, 0) is 59.1 Å². The lowest BCUT2D eigenvalue weighted by Gasteiger charge is -2.34. The van der Waals surface area contributed by atoms with E-state index < -0.39 is 10.0 Å². The van der Waals surface area contributed by atoms with Gasteiger partial charge >= 0.3 is 0 Å². The molecule has 0 saturated heterocycles. The zero-order valence-electron chi connectivity index (χ0n) is 13.6. The van der Waals surface area contributed by atoms with Gasteiger partial charge in [0.2, 0.25) is 10.0 Å². The summed E-state index contributed by atoms with van der Waals surface area (Å²) in [5.41, 5.74) is 1.11. The highest BCUT2D eigenvalue weighted by Crippen LogP contribution is 2.42. The van der Waals surface area contributed by atoms with Crippen molar-refractivity contribution in [1.82, 2.24) is 4.31 Å². The van der Waals surface area contributed by atoms with E-state index in [-0.39, 0.29) is 6.04 Å². The Balaban J connectivity index is 1.79. The van der Waals surface area contributed by atoms with E-state index in [1.54, 1.807) is 58.4 Å². The summed E-state index contributed by atoms with van der Waals surface area (Å²) in [6.07, 6.45) is 0.754. The van der Waals surface area contributed by atoms with E-state index >= 15 is 0 Å². The Morgan fingerprint density at radius 3 is 2.56 bits per heavy atom. The molecule has 0 fully saturated rings. The Morgan fingerprint density at radius 1 is 1.08 bits per heavy atom. The largest absolute Gasteiger partial charge is 0.497 e. The Labute approximate surface area is 155 Å². The zero-order chi connectivity index (χ0) is 17.4. The minimum Gasteiger partial charge on any atom is -0.497 e. The Bertz CT molecular complexity index is 959. The number of ether oxygens (including phenoxy) is 1. The number of fused-ring (bicyclic) bond motifs is 1. The summed E-state index contributed by atoms with van der Waals surface area (Å²) in [6.45, 7) is 0.491. The van der Waals surface area contributed by atoms with Crippen molar-refractivity contribution in [1.29, 1.82) is 0 Å². The molecule has 0 spiro atoms. The average Bonchev–Trinajstić information content (AvgIpc) is 3.32. The summed E-state index contributed by atoms with van der Waals surface area (Å²) >= 11 is 3.30. The van der Waals surface area contributed by atoms with Crippen LogP contribution in [-0.2, 0) is 16.4 Å². The third kappa shape index (κ3) is 2.91. The van der Waals surface area contributed by atoms with E-state index in [4.69, 9.17) is 4.74 Å². The second kappa shape index (κ2) is 6.57. The van der Waals surface area contributed by atoms with Crippen molar-refractivity contribution < 1.29 is 13.2 Å². The zero-order valence-corrected chi connectivity index (χ0v) is 16.0. The molecular weight excluding hydrogens is 374 g/mol. The van der Waals surface area contributed by atoms with Gasteiger partial charge in [0.05, 0.1) is 18.0 Å². The van der Waals surface area contributed by atoms with E-state index in [1.165, 1.54) is 4.88 Å². The van der Waals surface area contributed by atoms with Gasteiger partial charge in [0, 0.05) is 16.3 Å². The highest BCUT2D eigenvalue weighted by Gasteiger charge is 2.38. The summed E-state index contributed by atoms with van der Waals surface area (Å²) < 4.78 is 33.4. The molecule has 4 rings (SSSR count). The van der Waals surface area contributed by atoms with Gasteiger partial charge in [0.1, 0.15) is 5.75 Å². The lowest BCUT2D eigenvalue weighted by Crippen LogP contribution is -2.39. The van der Waals surface area contributed by atoms with Crippen molar-refractivity contribution in [3.63, 3.8) is 0 Å². The molecule has 1 atom stereocenters. The smallest absolute Gasteiger partial charge is 0.243 e. The van der Waals surface area contributed by atoms with Crippen molar-refractivity contribution >= 4 is 32.7 Å². The molecule has 130 valence electrons. The van der Waals surface area contributed by atoms with Crippen molar-refractivity contribution in [2.75, 3.05) is 13.7 Å². The first-order valence-electron chi connectivity index (χ1n) is 7.87. The fraction of sp³-hybridized carbons (Fsp3) is 0.222. The van der Waals surface area contributed by atoms with E-state index in [1.807, 2.05) is 17.5 Å². The fourth-order valence-electron chi connectivity index (χ4n) is 3.18. The summed E-state index contributed by atoms with van der Waals surface area (Å²) in [6, 6.07) is 12.4. The van der Waals surface area contributed by atoms with Crippen LogP contribution in [0.3, 0.4) is 0 Å². The van der Waals surface area contributed by atoms with Crippen molar-refractivity contribution in [3.8, 4) is 5.75 Å². The molecule has 25 heavy (non-hydrogen) atoms. The van der Waals surface area contributed by atoms with E-state index in [9.17, 15) is 8.42 Å². The molecule has 0 bridgehead atoms. The average molecular weight is 392 g/mol. The number of hydrogen-bond donors (Lipinski definition) is 0. The molecule has 1 aromatic carbocycles. The molecule has 4 nitrogen and oxygen atoms in total. The molecule has 0 saturated carbocycles. The fourth-order valence-corrected chi connectivity index (χ4v) is 6.59. The maximum atomic E-state index is 13.3. The number of thiophene rings is 2.